The minimum atomic E-state index is -0.156. The van der Waals surface area contributed by atoms with Crippen LogP contribution in [0.5, 0.6) is 0 Å². The number of hydrogen-bond acceptors (Lipinski definition) is 6. The summed E-state index contributed by atoms with van der Waals surface area (Å²) in [6, 6.07) is 12.9. The van der Waals surface area contributed by atoms with Gasteiger partial charge < -0.3 is 24.3 Å². The molecule has 1 aromatic carbocycles. The highest BCUT2D eigenvalue weighted by Gasteiger charge is 2.19. The topological polar surface area (TPSA) is 75.0 Å². The van der Waals surface area contributed by atoms with Crippen LogP contribution in [0.3, 0.4) is 0 Å². The van der Waals surface area contributed by atoms with Gasteiger partial charge in [-0.15, -0.1) is 11.3 Å². The highest BCUT2D eigenvalue weighted by Crippen LogP contribution is 2.26. The van der Waals surface area contributed by atoms with Crippen LogP contribution in [0.1, 0.15) is 21.0 Å². The van der Waals surface area contributed by atoms with Crippen molar-refractivity contribution in [3.8, 4) is 0 Å². The van der Waals surface area contributed by atoms with E-state index in [0.717, 1.165) is 11.3 Å². The summed E-state index contributed by atoms with van der Waals surface area (Å²) in [7, 11) is 5.38. The predicted octanol–water partition coefficient (Wildman–Crippen LogP) is 3.83. The van der Waals surface area contributed by atoms with E-state index in [1.54, 1.807) is 23.3 Å². The Bertz CT molecular complexity index is 968. The van der Waals surface area contributed by atoms with E-state index in [1.165, 1.54) is 18.4 Å². The second-order valence-electron chi connectivity index (χ2n) is 6.93. The van der Waals surface area contributed by atoms with Gasteiger partial charge >= 0.3 is 0 Å². The Morgan fingerprint density at radius 3 is 2.60 bits per heavy atom. The highest BCUT2D eigenvalue weighted by molar-refractivity contribution is 7.12. The molecule has 0 unspecified atom stereocenters. The van der Waals surface area contributed by atoms with Crippen molar-refractivity contribution >= 4 is 34.5 Å². The van der Waals surface area contributed by atoms with Crippen molar-refractivity contribution in [3.05, 3.63) is 70.3 Å². The van der Waals surface area contributed by atoms with E-state index in [0.29, 0.717) is 29.4 Å². The van der Waals surface area contributed by atoms with E-state index in [2.05, 4.69) is 5.32 Å². The van der Waals surface area contributed by atoms with Gasteiger partial charge in [0.25, 0.3) is 5.91 Å². The van der Waals surface area contributed by atoms with Gasteiger partial charge in [0, 0.05) is 39.1 Å². The van der Waals surface area contributed by atoms with Gasteiger partial charge in [0.2, 0.25) is 5.91 Å². The van der Waals surface area contributed by atoms with Gasteiger partial charge in [0.05, 0.1) is 17.7 Å². The van der Waals surface area contributed by atoms with Crippen LogP contribution in [0.2, 0.25) is 0 Å². The predicted molar refractivity (Wildman–Crippen MR) is 118 cm³/mol. The molecule has 2 aromatic heterocycles. The number of amides is 2. The third-order valence-corrected chi connectivity index (χ3v) is 5.34. The van der Waals surface area contributed by atoms with Crippen LogP contribution < -0.4 is 10.2 Å². The minimum absolute atomic E-state index is 0.0210. The number of benzene rings is 1. The Labute approximate surface area is 179 Å². The Balaban J connectivity index is 1.86. The summed E-state index contributed by atoms with van der Waals surface area (Å²) in [6.45, 7) is 0.653. The number of anilines is 2. The van der Waals surface area contributed by atoms with Gasteiger partial charge in [-0.3, -0.25) is 9.59 Å². The van der Waals surface area contributed by atoms with E-state index in [4.69, 9.17) is 9.15 Å². The second kappa shape index (κ2) is 10.1. The first-order valence-electron chi connectivity index (χ1n) is 9.42. The van der Waals surface area contributed by atoms with Crippen molar-refractivity contribution in [2.45, 2.75) is 13.1 Å². The fourth-order valence-electron chi connectivity index (χ4n) is 3.07. The molecule has 8 heteroatoms. The van der Waals surface area contributed by atoms with Crippen molar-refractivity contribution in [2.75, 3.05) is 38.0 Å². The summed E-state index contributed by atoms with van der Waals surface area (Å²) >= 11 is 1.39. The molecule has 30 heavy (non-hydrogen) atoms. The third-order valence-electron chi connectivity index (χ3n) is 4.47. The molecule has 0 saturated heterocycles. The molecular weight excluding hydrogens is 402 g/mol. The monoisotopic (exact) mass is 427 g/mol. The largest absolute Gasteiger partial charge is 0.467 e. The molecule has 0 saturated carbocycles. The number of nitrogens with zero attached hydrogens (tertiary/aromatic N) is 2. The fourth-order valence-corrected chi connectivity index (χ4v) is 3.69. The fraction of sp³-hybridized carbons (Fsp3) is 0.273. The van der Waals surface area contributed by atoms with Crippen molar-refractivity contribution in [3.63, 3.8) is 0 Å². The summed E-state index contributed by atoms with van der Waals surface area (Å²) in [5, 5.41) is 4.79. The van der Waals surface area contributed by atoms with E-state index < -0.39 is 0 Å². The highest BCUT2D eigenvalue weighted by atomic mass is 32.1. The first kappa shape index (κ1) is 21.6. The summed E-state index contributed by atoms with van der Waals surface area (Å²) in [4.78, 5) is 29.4. The van der Waals surface area contributed by atoms with Gasteiger partial charge in [-0.05, 0) is 47.3 Å². The molecular formula is C22H25N3O4S. The maximum Gasteiger partial charge on any atom is 0.265 e. The quantitative estimate of drug-likeness (QED) is 0.562. The Morgan fingerprint density at radius 2 is 1.97 bits per heavy atom. The average Bonchev–Trinajstić information content (AvgIpc) is 3.42. The normalized spacial score (nSPS) is 10.6. The molecule has 0 aliphatic rings. The van der Waals surface area contributed by atoms with Gasteiger partial charge in [-0.2, -0.15) is 0 Å². The number of rotatable bonds is 9. The number of methoxy groups -OCH3 is 1. The van der Waals surface area contributed by atoms with Crippen LogP contribution >= 0.6 is 11.3 Å². The molecule has 3 aromatic rings. The van der Waals surface area contributed by atoms with Crippen LogP contribution in [0, 0.1) is 0 Å². The first-order valence-corrected chi connectivity index (χ1v) is 10.3. The maximum atomic E-state index is 12.7. The molecule has 0 atom stereocenters. The standard InChI is InChI=1S/C22H25N3O4S/c1-24(2)19-9-8-17(23-22(27)20-7-5-11-30-20)12-16(19)13-25(21(26)15-28-3)14-18-6-4-10-29-18/h4-12H,13-15H2,1-3H3,(H,23,27). The molecule has 0 spiro atoms. The number of furan rings is 1. The zero-order valence-electron chi connectivity index (χ0n) is 17.3. The number of thiophene rings is 1. The van der Waals surface area contributed by atoms with Gasteiger partial charge in [0.15, 0.2) is 0 Å². The zero-order valence-corrected chi connectivity index (χ0v) is 18.1. The van der Waals surface area contributed by atoms with E-state index >= 15 is 0 Å². The Hall–Kier alpha value is -3.10. The SMILES string of the molecule is COCC(=O)N(Cc1ccco1)Cc1cc(NC(=O)c2cccs2)ccc1N(C)C. The molecule has 0 aliphatic heterocycles. The molecule has 0 radical (unpaired) electrons. The molecule has 2 heterocycles. The lowest BCUT2D eigenvalue weighted by molar-refractivity contribution is -0.136. The number of carbonyl (C=O) groups excluding carboxylic acids is 2. The smallest absolute Gasteiger partial charge is 0.265 e. The van der Waals surface area contributed by atoms with Crippen molar-refractivity contribution in [1.29, 1.82) is 0 Å². The van der Waals surface area contributed by atoms with Gasteiger partial charge in [0.1, 0.15) is 12.4 Å². The average molecular weight is 428 g/mol. The first-order chi connectivity index (χ1) is 14.5. The van der Waals surface area contributed by atoms with Crippen LogP contribution in [-0.2, 0) is 22.6 Å². The molecule has 158 valence electrons. The number of hydrogen-bond donors (Lipinski definition) is 1. The number of nitrogens with one attached hydrogen (secondary N) is 1. The van der Waals surface area contributed by atoms with E-state index in [9.17, 15) is 9.59 Å². The van der Waals surface area contributed by atoms with E-state index in [1.807, 2.05) is 54.7 Å². The lowest BCUT2D eigenvalue weighted by Crippen LogP contribution is -2.33. The maximum absolute atomic E-state index is 12.7. The van der Waals surface area contributed by atoms with Crippen LogP contribution in [0.4, 0.5) is 11.4 Å². The summed E-state index contributed by atoms with van der Waals surface area (Å²) in [5.41, 5.74) is 2.53. The van der Waals surface area contributed by atoms with E-state index in [-0.39, 0.29) is 18.4 Å². The summed E-state index contributed by atoms with van der Waals surface area (Å²) < 4.78 is 10.5. The van der Waals surface area contributed by atoms with Crippen LogP contribution in [-0.4, -0.2) is 44.5 Å². The second-order valence-corrected chi connectivity index (χ2v) is 7.88. The molecule has 0 fully saturated rings. The number of carbonyl (C=O) groups is 2. The molecule has 2 amide bonds. The lowest BCUT2D eigenvalue weighted by atomic mass is 10.1. The Kier molecular flexibility index (Phi) is 7.26. The molecule has 0 bridgehead atoms. The molecule has 7 nitrogen and oxygen atoms in total. The van der Waals surface area contributed by atoms with Gasteiger partial charge in [-0.25, -0.2) is 0 Å². The van der Waals surface area contributed by atoms with Crippen molar-refractivity contribution < 1.29 is 18.7 Å². The molecule has 3 rings (SSSR count). The summed E-state index contributed by atoms with van der Waals surface area (Å²) in [5.74, 6) is 0.385. The third kappa shape index (κ3) is 5.49. The van der Waals surface area contributed by atoms with Crippen molar-refractivity contribution in [2.24, 2.45) is 0 Å². The van der Waals surface area contributed by atoms with Crippen molar-refractivity contribution in [1.82, 2.24) is 4.90 Å². The molecule has 0 aliphatic carbocycles. The molecule has 1 N–H and O–H groups in total. The van der Waals surface area contributed by atoms with Crippen LogP contribution in [0.15, 0.2) is 58.5 Å². The zero-order chi connectivity index (χ0) is 21.5. The van der Waals surface area contributed by atoms with Crippen LogP contribution in [0.25, 0.3) is 0 Å². The summed E-state index contributed by atoms with van der Waals surface area (Å²) in [6.07, 6.45) is 1.58. The van der Waals surface area contributed by atoms with Gasteiger partial charge in [-0.1, -0.05) is 6.07 Å². The Morgan fingerprint density at radius 1 is 1.13 bits per heavy atom. The lowest BCUT2D eigenvalue weighted by Gasteiger charge is -2.25. The number of ether oxygens (including phenoxy) is 1. The minimum Gasteiger partial charge on any atom is -0.467 e.